The summed E-state index contributed by atoms with van der Waals surface area (Å²) in [6.45, 7) is 6.28. The van der Waals surface area contributed by atoms with Crippen LogP contribution < -0.4 is 4.90 Å². The number of hydrogen-bond donors (Lipinski definition) is 0. The standard InChI is InChI=1S/C16H17N/c1-13-9-7-8-12-16(13)17(3)14(2)15-10-5-4-6-11-15/h4-12H,2H2,1,3H3. The average Bonchev–Trinajstić information content (AvgIpc) is 2.39. The molecule has 0 amide bonds. The normalized spacial score (nSPS) is 10.0. The summed E-state index contributed by atoms with van der Waals surface area (Å²) in [4.78, 5) is 2.13. The van der Waals surface area contributed by atoms with Crippen molar-refractivity contribution in [1.82, 2.24) is 0 Å². The Bertz CT molecular complexity index is 514. The minimum Gasteiger partial charge on any atom is -0.344 e. The van der Waals surface area contributed by atoms with Crippen LogP contribution in [-0.4, -0.2) is 7.05 Å². The van der Waals surface area contributed by atoms with E-state index in [-0.39, 0.29) is 0 Å². The van der Waals surface area contributed by atoms with Crippen LogP contribution >= 0.6 is 0 Å². The molecular weight excluding hydrogens is 206 g/mol. The number of para-hydroxylation sites is 1. The molecule has 0 atom stereocenters. The monoisotopic (exact) mass is 223 g/mol. The van der Waals surface area contributed by atoms with Gasteiger partial charge in [-0.15, -0.1) is 0 Å². The molecule has 2 aromatic rings. The van der Waals surface area contributed by atoms with E-state index >= 15 is 0 Å². The zero-order chi connectivity index (χ0) is 12.3. The number of hydrogen-bond acceptors (Lipinski definition) is 1. The topological polar surface area (TPSA) is 3.24 Å². The van der Waals surface area contributed by atoms with Crippen LogP contribution in [0.4, 0.5) is 5.69 Å². The van der Waals surface area contributed by atoms with Crippen LogP contribution in [0.5, 0.6) is 0 Å². The van der Waals surface area contributed by atoms with Crippen molar-refractivity contribution in [2.24, 2.45) is 0 Å². The molecule has 2 rings (SSSR count). The first-order chi connectivity index (χ1) is 8.20. The first-order valence-corrected chi connectivity index (χ1v) is 5.74. The van der Waals surface area contributed by atoms with Gasteiger partial charge < -0.3 is 4.90 Å². The van der Waals surface area contributed by atoms with Crippen LogP contribution in [0.15, 0.2) is 61.2 Å². The van der Waals surface area contributed by atoms with Crippen molar-refractivity contribution in [3.63, 3.8) is 0 Å². The largest absolute Gasteiger partial charge is 0.344 e. The number of rotatable bonds is 3. The van der Waals surface area contributed by atoms with Crippen molar-refractivity contribution in [1.29, 1.82) is 0 Å². The molecule has 86 valence electrons. The zero-order valence-electron chi connectivity index (χ0n) is 10.4. The van der Waals surface area contributed by atoms with Crippen molar-refractivity contribution in [3.8, 4) is 0 Å². The Morgan fingerprint density at radius 1 is 0.941 bits per heavy atom. The van der Waals surface area contributed by atoms with E-state index < -0.39 is 0 Å². The predicted molar refractivity (Wildman–Crippen MR) is 75.1 cm³/mol. The molecule has 0 aliphatic rings. The van der Waals surface area contributed by atoms with Crippen LogP contribution in [0.25, 0.3) is 5.70 Å². The minimum absolute atomic E-state index is 1.01. The van der Waals surface area contributed by atoms with Crippen LogP contribution in [0.2, 0.25) is 0 Å². The molecule has 0 radical (unpaired) electrons. The van der Waals surface area contributed by atoms with E-state index in [1.54, 1.807) is 0 Å². The van der Waals surface area contributed by atoms with Gasteiger partial charge in [0, 0.05) is 18.4 Å². The van der Waals surface area contributed by atoms with Gasteiger partial charge in [0.25, 0.3) is 0 Å². The van der Waals surface area contributed by atoms with Crippen molar-refractivity contribution in [2.45, 2.75) is 6.92 Å². The third-order valence-corrected chi connectivity index (χ3v) is 2.99. The Hall–Kier alpha value is -2.02. The third kappa shape index (κ3) is 2.39. The molecule has 0 bridgehead atoms. The Labute approximate surface area is 103 Å². The van der Waals surface area contributed by atoms with Gasteiger partial charge >= 0.3 is 0 Å². The van der Waals surface area contributed by atoms with Gasteiger partial charge in [0.1, 0.15) is 0 Å². The summed E-state index contributed by atoms with van der Waals surface area (Å²) in [6.07, 6.45) is 0. The molecule has 0 aliphatic heterocycles. The van der Waals surface area contributed by atoms with Crippen molar-refractivity contribution < 1.29 is 0 Å². The van der Waals surface area contributed by atoms with Gasteiger partial charge in [0.05, 0.1) is 0 Å². The SMILES string of the molecule is C=C(c1ccccc1)N(C)c1ccccc1C. The highest BCUT2D eigenvalue weighted by molar-refractivity contribution is 5.78. The Kier molecular flexibility index (Phi) is 3.29. The molecular formula is C16H17N. The number of benzene rings is 2. The molecule has 1 heteroatoms. The summed E-state index contributed by atoms with van der Waals surface area (Å²) in [5, 5.41) is 0. The molecule has 0 unspecified atom stereocenters. The maximum atomic E-state index is 4.17. The second-order valence-electron chi connectivity index (χ2n) is 4.16. The van der Waals surface area contributed by atoms with Gasteiger partial charge in [-0.3, -0.25) is 0 Å². The second kappa shape index (κ2) is 4.88. The molecule has 0 heterocycles. The summed E-state index contributed by atoms with van der Waals surface area (Å²) in [5.74, 6) is 0. The highest BCUT2D eigenvalue weighted by atomic mass is 15.1. The lowest BCUT2D eigenvalue weighted by Gasteiger charge is -2.23. The summed E-state index contributed by atoms with van der Waals surface area (Å²) < 4.78 is 0. The molecule has 0 saturated heterocycles. The zero-order valence-corrected chi connectivity index (χ0v) is 10.4. The summed E-state index contributed by atoms with van der Waals surface area (Å²) in [7, 11) is 2.05. The fourth-order valence-corrected chi connectivity index (χ4v) is 1.91. The molecule has 0 spiro atoms. The number of nitrogens with zero attached hydrogens (tertiary/aromatic N) is 1. The Morgan fingerprint density at radius 3 is 2.18 bits per heavy atom. The van der Waals surface area contributed by atoms with E-state index in [9.17, 15) is 0 Å². The molecule has 2 aromatic carbocycles. The van der Waals surface area contributed by atoms with Crippen LogP contribution in [0.1, 0.15) is 11.1 Å². The fourth-order valence-electron chi connectivity index (χ4n) is 1.91. The molecule has 17 heavy (non-hydrogen) atoms. The fraction of sp³-hybridized carbons (Fsp3) is 0.125. The highest BCUT2D eigenvalue weighted by Gasteiger charge is 2.08. The van der Waals surface area contributed by atoms with E-state index in [0.717, 1.165) is 11.3 Å². The van der Waals surface area contributed by atoms with Gasteiger partial charge in [0.2, 0.25) is 0 Å². The lowest BCUT2D eigenvalue weighted by molar-refractivity contribution is 1.20. The lowest BCUT2D eigenvalue weighted by Crippen LogP contribution is -2.15. The van der Waals surface area contributed by atoms with Gasteiger partial charge in [-0.1, -0.05) is 55.1 Å². The average molecular weight is 223 g/mol. The van der Waals surface area contributed by atoms with Gasteiger partial charge in [-0.05, 0) is 24.1 Å². The number of aryl methyl sites for hydroxylation is 1. The molecule has 0 aliphatic carbocycles. The Balaban J connectivity index is 2.30. The van der Waals surface area contributed by atoms with E-state index in [4.69, 9.17) is 0 Å². The summed E-state index contributed by atoms with van der Waals surface area (Å²) in [6, 6.07) is 18.6. The summed E-state index contributed by atoms with van der Waals surface area (Å²) >= 11 is 0. The maximum absolute atomic E-state index is 4.17. The van der Waals surface area contributed by atoms with E-state index in [1.807, 2.05) is 18.2 Å². The summed E-state index contributed by atoms with van der Waals surface area (Å²) in [5.41, 5.74) is 4.62. The smallest absolute Gasteiger partial charge is 0.0437 e. The van der Waals surface area contributed by atoms with Gasteiger partial charge in [-0.25, -0.2) is 0 Å². The number of anilines is 1. The molecule has 0 fully saturated rings. The van der Waals surface area contributed by atoms with Gasteiger partial charge in [0.15, 0.2) is 0 Å². The molecule has 1 nitrogen and oxygen atoms in total. The molecule has 0 N–H and O–H groups in total. The van der Waals surface area contributed by atoms with Crippen molar-refractivity contribution in [2.75, 3.05) is 11.9 Å². The lowest BCUT2D eigenvalue weighted by atomic mass is 10.1. The first-order valence-electron chi connectivity index (χ1n) is 5.74. The van der Waals surface area contributed by atoms with Crippen LogP contribution in [0.3, 0.4) is 0 Å². The van der Waals surface area contributed by atoms with Crippen molar-refractivity contribution >= 4 is 11.4 Å². The van der Waals surface area contributed by atoms with E-state index in [0.29, 0.717) is 0 Å². The second-order valence-corrected chi connectivity index (χ2v) is 4.16. The first kappa shape index (κ1) is 11.5. The Morgan fingerprint density at radius 2 is 1.53 bits per heavy atom. The predicted octanol–water partition coefficient (Wildman–Crippen LogP) is 4.10. The molecule has 0 aromatic heterocycles. The quantitative estimate of drug-likeness (QED) is 0.757. The third-order valence-electron chi connectivity index (χ3n) is 2.99. The van der Waals surface area contributed by atoms with Crippen molar-refractivity contribution in [3.05, 3.63) is 72.3 Å². The minimum atomic E-state index is 1.01. The van der Waals surface area contributed by atoms with Gasteiger partial charge in [-0.2, -0.15) is 0 Å². The molecule has 0 saturated carbocycles. The van der Waals surface area contributed by atoms with E-state index in [2.05, 4.69) is 61.8 Å². The van der Waals surface area contributed by atoms with E-state index in [1.165, 1.54) is 11.3 Å². The van der Waals surface area contributed by atoms with Crippen LogP contribution in [0, 0.1) is 6.92 Å². The maximum Gasteiger partial charge on any atom is 0.0437 e. The van der Waals surface area contributed by atoms with Crippen LogP contribution in [-0.2, 0) is 0 Å². The highest BCUT2D eigenvalue weighted by Crippen LogP contribution is 2.25.